The van der Waals surface area contributed by atoms with Gasteiger partial charge >= 0.3 is 0 Å². The molecule has 1 aromatic heterocycles. The van der Waals surface area contributed by atoms with Gasteiger partial charge in [0.25, 0.3) is 0 Å². The van der Waals surface area contributed by atoms with Crippen molar-refractivity contribution in [1.82, 2.24) is 4.57 Å². The average Bonchev–Trinajstić information content (AvgIpc) is 3.22. The van der Waals surface area contributed by atoms with E-state index in [1.807, 2.05) is 27.7 Å². The topological polar surface area (TPSA) is 8.81 Å². The minimum Gasteiger partial charge on any atom is -0.289 e. The van der Waals surface area contributed by atoms with Gasteiger partial charge in [-0.3, -0.25) is 4.57 Å². The van der Waals surface area contributed by atoms with Crippen LogP contribution < -0.4 is 4.57 Å². The fourth-order valence-corrected chi connectivity index (χ4v) is 3.30. The molecule has 0 saturated carbocycles. The Balaban J connectivity index is 0. The molecule has 0 unspecified atom stereocenters. The van der Waals surface area contributed by atoms with E-state index in [1.165, 1.54) is 16.8 Å². The van der Waals surface area contributed by atoms with E-state index in [9.17, 15) is 0 Å². The summed E-state index contributed by atoms with van der Waals surface area (Å²) in [6.07, 6.45) is 20.8. The van der Waals surface area contributed by atoms with Crippen molar-refractivity contribution in [3.8, 4) is 18.0 Å². The second kappa shape index (κ2) is 18.3. The Kier molecular flexibility index (Phi) is 18.3. The summed E-state index contributed by atoms with van der Waals surface area (Å²) in [5, 5.41) is 0. The summed E-state index contributed by atoms with van der Waals surface area (Å²) in [6.45, 7) is 21.4. The first-order chi connectivity index (χ1) is 15.2. The second-order valence-electron chi connectivity index (χ2n) is 8.51. The van der Waals surface area contributed by atoms with Crippen molar-refractivity contribution in [2.45, 2.75) is 87.5 Å². The van der Waals surface area contributed by atoms with Crippen LogP contribution in [-0.2, 0) is 17.4 Å². The van der Waals surface area contributed by atoms with Crippen molar-refractivity contribution < 1.29 is 21.9 Å². The predicted octanol–water partition coefficient (Wildman–Crippen LogP) is 8.34. The molecule has 0 spiro atoms. The Bertz CT molecular complexity index is 851. The first-order valence-corrected chi connectivity index (χ1v) is 12.0. The first kappa shape index (κ1) is 33.0. The zero-order valence-electron chi connectivity index (χ0n) is 22.6. The Hall–Kier alpha value is -2.13. The fourth-order valence-electron chi connectivity index (χ4n) is 3.30. The maximum atomic E-state index is 5.44. The molecule has 0 atom stereocenters. The van der Waals surface area contributed by atoms with E-state index in [-0.39, 0.29) is 17.4 Å². The van der Waals surface area contributed by atoms with Gasteiger partial charge in [0.05, 0.1) is 0 Å². The predicted molar refractivity (Wildman–Crippen MR) is 143 cm³/mol. The van der Waals surface area contributed by atoms with Gasteiger partial charge in [-0.2, -0.15) is 5.57 Å². The summed E-state index contributed by atoms with van der Waals surface area (Å²) in [5.41, 5.74) is 5.19. The SMILES string of the molecule is C#CC/C(=C/[n+]1ccn(-c2c(C(C)C)cccc2C(C)C)c1)[CH-]C.C/C=C/C(C)C.CC.[Cr]. The van der Waals surface area contributed by atoms with Crippen LogP contribution in [0.2, 0.25) is 0 Å². The molecule has 3 heteroatoms. The third-order valence-electron chi connectivity index (χ3n) is 4.83. The number of allylic oxidation sites excluding steroid dienone is 3. The average molecular weight is 487 g/mol. The fraction of sp³-hybridized carbons (Fsp3) is 0.467. The van der Waals surface area contributed by atoms with E-state index < -0.39 is 0 Å². The van der Waals surface area contributed by atoms with Crippen LogP contribution in [0, 0.1) is 24.7 Å². The molecule has 2 rings (SSSR count). The van der Waals surface area contributed by atoms with Crippen molar-refractivity contribution in [2.75, 3.05) is 0 Å². The monoisotopic (exact) mass is 486 g/mol. The Morgan fingerprint density at radius 3 is 2.00 bits per heavy atom. The minimum atomic E-state index is 0. The molecule has 2 aromatic rings. The van der Waals surface area contributed by atoms with E-state index in [1.54, 1.807) is 0 Å². The summed E-state index contributed by atoms with van der Waals surface area (Å²) in [6, 6.07) is 6.63. The molecular weight excluding hydrogens is 440 g/mol. The molecule has 1 heterocycles. The molecule has 0 aliphatic heterocycles. The molecule has 0 radical (unpaired) electrons. The van der Waals surface area contributed by atoms with Gasteiger partial charge in [0.2, 0.25) is 6.33 Å². The molecule has 0 fully saturated rings. The van der Waals surface area contributed by atoms with Gasteiger partial charge in [0.15, 0.2) is 0 Å². The Morgan fingerprint density at radius 1 is 1.09 bits per heavy atom. The second-order valence-corrected chi connectivity index (χ2v) is 8.51. The molecule has 1 aromatic carbocycles. The van der Waals surface area contributed by atoms with E-state index in [2.05, 4.69) is 118 Å². The first-order valence-electron chi connectivity index (χ1n) is 12.0. The number of hydrogen-bond donors (Lipinski definition) is 0. The molecule has 0 aliphatic rings. The molecule has 33 heavy (non-hydrogen) atoms. The molecule has 182 valence electrons. The molecule has 0 bridgehead atoms. The molecule has 0 saturated heterocycles. The number of hydrogen-bond acceptors (Lipinski definition) is 0. The van der Waals surface area contributed by atoms with Gasteiger partial charge < -0.3 is 0 Å². The molecule has 2 nitrogen and oxygen atoms in total. The molecular formula is C30H46CrN2. The van der Waals surface area contributed by atoms with E-state index in [0.29, 0.717) is 18.3 Å². The summed E-state index contributed by atoms with van der Waals surface area (Å²) in [5.74, 6) is 4.38. The number of nitrogens with zero attached hydrogens (tertiary/aromatic N) is 2. The maximum absolute atomic E-state index is 5.44. The van der Waals surface area contributed by atoms with Crippen LogP contribution in [0.1, 0.15) is 98.6 Å². The van der Waals surface area contributed by atoms with Gasteiger partial charge in [-0.15, -0.1) is 19.3 Å². The summed E-state index contributed by atoms with van der Waals surface area (Å²) in [4.78, 5) is 0. The Labute approximate surface area is 216 Å². The number of imidazole rings is 1. The summed E-state index contributed by atoms with van der Waals surface area (Å²) < 4.78 is 4.30. The number of terminal acetylenes is 1. The van der Waals surface area contributed by atoms with Crippen molar-refractivity contribution in [1.29, 1.82) is 0 Å². The number of para-hydroxylation sites is 1. The van der Waals surface area contributed by atoms with Crippen molar-refractivity contribution in [3.63, 3.8) is 0 Å². The van der Waals surface area contributed by atoms with E-state index >= 15 is 0 Å². The van der Waals surface area contributed by atoms with E-state index in [4.69, 9.17) is 6.42 Å². The van der Waals surface area contributed by atoms with Crippen molar-refractivity contribution >= 4 is 6.20 Å². The smallest absolute Gasteiger partial charge is 0.237 e. The summed E-state index contributed by atoms with van der Waals surface area (Å²) >= 11 is 0. The van der Waals surface area contributed by atoms with Crippen LogP contribution in [-0.4, -0.2) is 4.57 Å². The minimum absolute atomic E-state index is 0. The normalized spacial score (nSPS) is 10.8. The molecule has 0 amide bonds. The molecule has 0 aliphatic carbocycles. The van der Waals surface area contributed by atoms with Crippen molar-refractivity contribution in [2.24, 2.45) is 5.92 Å². The quantitative estimate of drug-likeness (QED) is 0.161. The van der Waals surface area contributed by atoms with Crippen LogP contribution in [0.15, 0.2) is 54.6 Å². The zero-order chi connectivity index (χ0) is 24.7. The molecule has 0 N–H and O–H groups in total. The third kappa shape index (κ3) is 11.5. The van der Waals surface area contributed by atoms with E-state index in [0.717, 1.165) is 11.5 Å². The Morgan fingerprint density at radius 2 is 1.64 bits per heavy atom. The zero-order valence-corrected chi connectivity index (χ0v) is 23.9. The van der Waals surface area contributed by atoms with Crippen molar-refractivity contribution in [3.05, 3.63) is 72.2 Å². The van der Waals surface area contributed by atoms with Gasteiger partial charge in [-0.1, -0.05) is 85.7 Å². The largest absolute Gasteiger partial charge is 0.289 e. The standard InChI is InChI=1S/C22H28N2.C6H12.C2H6.Cr/c1-7-10-19(8-2)15-23-13-14-24(16-23)22-20(17(3)4)11-9-12-21(22)18(5)6;1-4-5-6(2)3;1-2;/h1,8-9,11-18H,10H2,2-6H3;4-6H,1-3H3;1-2H3;/b19-15+;5-4+;;. The van der Waals surface area contributed by atoms with Gasteiger partial charge in [-0.05, 0) is 30.9 Å². The number of benzene rings is 1. The third-order valence-corrected chi connectivity index (χ3v) is 4.83. The van der Waals surface area contributed by atoms with Crippen LogP contribution in [0.4, 0.5) is 0 Å². The summed E-state index contributed by atoms with van der Waals surface area (Å²) in [7, 11) is 0. The van der Waals surface area contributed by atoms with Gasteiger partial charge in [0, 0.05) is 34.9 Å². The van der Waals surface area contributed by atoms with Crippen LogP contribution >= 0.6 is 0 Å². The number of rotatable bonds is 7. The van der Waals surface area contributed by atoms with Gasteiger partial charge in [-0.25, -0.2) is 11.0 Å². The number of aromatic nitrogens is 2. The van der Waals surface area contributed by atoms with Gasteiger partial charge in [0.1, 0.15) is 18.1 Å². The van der Waals surface area contributed by atoms with Crippen LogP contribution in [0.25, 0.3) is 11.9 Å². The maximum Gasteiger partial charge on any atom is 0.237 e. The van der Waals surface area contributed by atoms with Crippen LogP contribution in [0.3, 0.4) is 0 Å². The van der Waals surface area contributed by atoms with Crippen LogP contribution in [0.5, 0.6) is 0 Å².